The van der Waals surface area contributed by atoms with Crippen LogP contribution in [0, 0.1) is 0 Å². The van der Waals surface area contributed by atoms with Crippen LogP contribution in [-0.2, 0) is 6.54 Å². The van der Waals surface area contributed by atoms with Gasteiger partial charge in [-0.3, -0.25) is 4.90 Å². The lowest BCUT2D eigenvalue weighted by molar-refractivity contribution is 0.210. The van der Waals surface area contributed by atoms with Crippen LogP contribution in [0.5, 0.6) is 11.5 Å². The van der Waals surface area contributed by atoms with Crippen LogP contribution in [0.2, 0.25) is 5.02 Å². The van der Waals surface area contributed by atoms with Crippen molar-refractivity contribution >= 4 is 28.3 Å². The highest BCUT2D eigenvalue weighted by molar-refractivity contribution is 6.35. The fourth-order valence-corrected chi connectivity index (χ4v) is 4.34. The van der Waals surface area contributed by atoms with E-state index in [1.54, 1.807) is 0 Å². The van der Waals surface area contributed by atoms with Crippen molar-refractivity contribution in [2.45, 2.75) is 39.3 Å². The van der Waals surface area contributed by atoms with Crippen LogP contribution in [0.4, 0.5) is 5.82 Å². The first-order valence-electron chi connectivity index (χ1n) is 11.1. The Morgan fingerprint density at radius 2 is 1.71 bits per heavy atom. The Balaban J connectivity index is 1.35. The molecule has 31 heavy (non-hydrogen) atoms. The molecule has 5 nitrogen and oxygen atoms in total. The molecule has 1 aromatic heterocycles. The number of piperidine rings is 1. The molecule has 0 unspecified atom stereocenters. The molecular formula is C25H30ClN3O2. The first kappa shape index (κ1) is 21.7. The van der Waals surface area contributed by atoms with E-state index in [9.17, 15) is 0 Å². The standard InChI is InChI=1S/C25H30ClN3O2/c1-3-30-21-14-18(15-22(16-21)31-4-2)17-29-12-10-20(11-13-29)27-24-9-8-19-6-5-7-23(26)25(19)28-24/h5-9,14-16,20H,3-4,10-13,17H2,1-2H3,(H,27,28). The molecule has 0 saturated carbocycles. The second kappa shape index (κ2) is 10.2. The fraction of sp³-hybridized carbons (Fsp3) is 0.400. The summed E-state index contributed by atoms with van der Waals surface area (Å²) in [5, 5.41) is 5.35. The number of hydrogen-bond donors (Lipinski definition) is 1. The molecular weight excluding hydrogens is 410 g/mol. The third-order valence-electron chi connectivity index (χ3n) is 5.58. The molecule has 1 aliphatic rings. The molecule has 1 aliphatic heterocycles. The summed E-state index contributed by atoms with van der Waals surface area (Å²) >= 11 is 6.31. The van der Waals surface area contributed by atoms with Gasteiger partial charge in [-0.1, -0.05) is 23.7 Å². The zero-order valence-corrected chi connectivity index (χ0v) is 19.0. The van der Waals surface area contributed by atoms with Gasteiger partial charge in [-0.2, -0.15) is 0 Å². The minimum Gasteiger partial charge on any atom is -0.494 e. The SMILES string of the molecule is CCOc1cc(CN2CCC(Nc3ccc4cccc(Cl)c4n3)CC2)cc(OCC)c1. The average molecular weight is 440 g/mol. The van der Waals surface area contributed by atoms with Crippen molar-refractivity contribution in [1.82, 2.24) is 9.88 Å². The van der Waals surface area contributed by atoms with Crippen LogP contribution in [0.15, 0.2) is 48.5 Å². The number of pyridine rings is 1. The van der Waals surface area contributed by atoms with E-state index < -0.39 is 0 Å². The lowest BCUT2D eigenvalue weighted by Crippen LogP contribution is -2.38. The highest BCUT2D eigenvalue weighted by Crippen LogP contribution is 2.26. The molecule has 2 heterocycles. The molecule has 0 bridgehead atoms. The number of ether oxygens (including phenoxy) is 2. The number of halogens is 1. The van der Waals surface area contributed by atoms with Gasteiger partial charge in [-0.25, -0.2) is 4.98 Å². The number of fused-ring (bicyclic) bond motifs is 1. The van der Waals surface area contributed by atoms with Crippen LogP contribution in [0.25, 0.3) is 10.9 Å². The lowest BCUT2D eigenvalue weighted by atomic mass is 10.0. The molecule has 0 radical (unpaired) electrons. The number of aromatic nitrogens is 1. The van der Waals surface area contributed by atoms with E-state index in [4.69, 9.17) is 26.1 Å². The zero-order valence-electron chi connectivity index (χ0n) is 18.2. The normalized spacial score (nSPS) is 15.2. The van der Waals surface area contributed by atoms with E-state index in [0.29, 0.717) is 24.3 Å². The van der Waals surface area contributed by atoms with Gasteiger partial charge in [0.2, 0.25) is 0 Å². The quantitative estimate of drug-likeness (QED) is 0.483. The van der Waals surface area contributed by atoms with Crippen molar-refractivity contribution in [2.75, 3.05) is 31.6 Å². The van der Waals surface area contributed by atoms with Gasteiger partial charge in [-0.05, 0) is 62.6 Å². The Labute approximate surface area is 189 Å². The number of likely N-dealkylation sites (tertiary alicyclic amines) is 1. The molecule has 2 aromatic carbocycles. The molecule has 164 valence electrons. The van der Waals surface area contributed by atoms with Gasteiger partial charge in [-0.15, -0.1) is 0 Å². The third kappa shape index (κ3) is 5.60. The van der Waals surface area contributed by atoms with Gasteiger partial charge in [0, 0.05) is 37.1 Å². The largest absolute Gasteiger partial charge is 0.494 e. The molecule has 0 atom stereocenters. The number of nitrogens with zero attached hydrogens (tertiary/aromatic N) is 2. The predicted octanol–water partition coefficient (Wildman–Crippen LogP) is 5.76. The molecule has 1 fully saturated rings. The highest BCUT2D eigenvalue weighted by atomic mass is 35.5. The van der Waals surface area contributed by atoms with Crippen molar-refractivity contribution in [3.8, 4) is 11.5 Å². The van der Waals surface area contributed by atoms with Gasteiger partial charge < -0.3 is 14.8 Å². The fourth-order valence-electron chi connectivity index (χ4n) is 4.12. The lowest BCUT2D eigenvalue weighted by Gasteiger charge is -2.32. The van der Waals surface area contributed by atoms with Gasteiger partial charge in [0.05, 0.1) is 23.8 Å². The summed E-state index contributed by atoms with van der Waals surface area (Å²) in [5.74, 6) is 2.65. The maximum Gasteiger partial charge on any atom is 0.126 e. The van der Waals surface area contributed by atoms with E-state index in [1.807, 2.05) is 44.2 Å². The van der Waals surface area contributed by atoms with Crippen molar-refractivity contribution < 1.29 is 9.47 Å². The number of para-hydroxylation sites is 1. The molecule has 6 heteroatoms. The van der Waals surface area contributed by atoms with Crippen LogP contribution < -0.4 is 14.8 Å². The summed E-state index contributed by atoms with van der Waals surface area (Å²) in [6, 6.07) is 16.6. The number of rotatable bonds is 8. The van der Waals surface area contributed by atoms with E-state index in [0.717, 1.165) is 60.7 Å². The first-order valence-corrected chi connectivity index (χ1v) is 11.5. The monoisotopic (exact) mass is 439 g/mol. The van der Waals surface area contributed by atoms with Crippen LogP contribution in [0.1, 0.15) is 32.3 Å². The van der Waals surface area contributed by atoms with Gasteiger partial charge in [0.25, 0.3) is 0 Å². The molecule has 0 aliphatic carbocycles. The van der Waals surface area contributed by atoms with Crippen molar-refractivity contribution in [2.24, 2.45) is 0 Å². The Hall–Kier alpha value is -2.50. The summed E-state index contributed by atoms with van der Waals surface area (Å²) in [7, 11) is 0. The van der Waals surface area contributed by atoms with E-state index in [1.165, 1.54) is 5.56 Å². The third-order valence-corrected chi connectivity index (χ3v) is 5.88. The zero-order chi connectivity index (χ0) is 21.6. The average Bonchev–Trinajstić information content (AvgIpc) is 2.76. The van der Waals surface area contributed by atoms with Crippen LogP contribution in [0.3, 0.4) is 0 Å². The summed E-state index contributed by atoms with van der Waals surface area (Å²) in [4.78, 5) is 7.22. The molecule has 3 aromatic rings. The molecule has 1 N–H and O–H groups in total. The Kier molecular flexibility index (Phi) is 7.15. The number of nitrogens with one attached hydrogen (secondary N) is 1. The highest BCUT2D eigenvalue weighted by Gasteiger charge is 2.20. The topological polar surface area (TPSA) is 46.6 Å². The number of anilines is 1. The number of hydrogen-bond acceptors (Lipinski definition) is 5. The maximum absolute atomic E-state index is 6.31. The maximum atomic E-state index is 6.31. The molecule has 0 spiro atoms. The van der Waals surface area contributed by atoms with Crippen LogP contribution in [-0.4, -0.2) is 42.2 Å². The molecule has 4 rings (SSSR count). The van der Waals surface area contributed by atoms with E-state index in [-0.39, 0.29) is 0 Å². The van der Waals surface area contributed by atoms with Gasteiger partial charge >= 0.3 is 0 Å². The predicted molar refractivity (Wildman–Crippen MR) is 127 cm³/mol. The smallest absolute Gasteiger partial charge is 0.126 e. The van der Waals surface area contributed by atoms with E-state index in [2.05, 4.69) is 28.4 Å². The van der Waals surface area contributed by atoms with Crippen LogP contribution >= 0.6 is 11.6 Å². The molecule has 1 saturated heterocycles. The Morgan fingerprint density at radius 1 is 1.00 bits per heavy atom. The first-order chi connectivity index (χ1) is 15.1. The van der Waals surface area contributed by atoms with Crippen molar-refractivity contribution in [1.29, 1.82) is 0 Å². The van der Waals surface area contributed by atoms with Crippen molar-refractivity contribution in [3.63, 3.8) is 0 Å². The Bertz CT molecular complexity index is 995. The summed E-state index contributed by atoms with van der Waals surface area (Å²) < 4.78 is 11.4. The minimum atomic E-state index is 0.414. The second-order valence-electron chi connectivity index (χ2n) is 7.88. The van der Waals surface area contributed by atoms with Crippen molar-refractivity contribution in [3.05, 3.63) is 59.1 Å². The Morgan fingerprint density at radius 3 is 2.39 bits per heavy atom. The summed E-state index contributed by atoms with van der Waals surface area (Å²) in [6.45, 7) is 8.29. The second-order valence-corrected chi connectivity index (χ2v) is 8.29. The molecule has 0 amide bonds. The summed E-state index contributed by atoms with van der Waals surface area (Å²) in [5.41, 5.74) is 2.08. The van der Waals surface area contributed by atoms with E-state index >= 15 is 0 Å². The van der Waals surface area contributed by atoms with Gasteiger partial charge in [0.1, 0.15) is 17.3 Å². The summed E-state index contributed by atoms with van der Waals surface area (Å²) in [6.07, 6.45) is 2.15. The van der Waals surface area contributed by atoms with Gasteiger partial charge in [0.15, 0.2) is 0 Å². The number of benzene rings is 2. The minimum absolute atomic E-state index is 0.414.